The van der Waals surface area contributed by atoms with Crippen LogP contribution in [0, 0.1) is 6.92 Å². The molecular weight excluding hydrogens is 338 g/mol. The number of benzene rings is 1. The van der Waals surface area contributed by atoms with E-state index in [-0.39, 0.29) is 5.04 Å². The Morgan fingerprint density at radius 2 is 1.79 bits per heavy atom. The first-order valence-electron chi connectivity index (χ1n) is 8.05. The Bertz CT molecular complexity index is 686. The summed E-state index contributed by atoms with van der Waals surface area (Å²) in [7, 11) is -5.58. The highest BCUT2D eigenvalue weighted by Gasteiger charge is 2.40. The molecule has 24 heavy (non-hydrogen) atoms. The molecule has 0 amide bonds. The molecular formula is C18H29NO3SSi. The minimum atomic E-state index is -3.52. The molecule has 0 saturated heterocycles. The van der Waals surface area contributed by atoms with Crippen molar-refractivity contribution in [1.82, 2.24) is 0 Å². The fraction of sp³-hybridized carbons (Fsp3) is 0.500. The molecule has 0 N–H and O–H groups in total. The Balaban J connectivity index is 3.04. The Morgan fingerprint density at radius 3 is 2.25 bits per heavy atom. The highest BCUT2D eigenvalue weighted by atomic mass is 32.2. The van der Waals surface area contributed by atoms with Gasteiger partial charge in [0.1, 0.15) is 5.25 Å². The number of hydrogen-bond donors (Lipinski definition) is 0. The first kappa shape index (κ1) is 20.6. The van der Waals surface area contributed by atoms with E-state index in [9.17, 15) is 8.42 Å². The monoisotopic (exact) mass is 367 g/mol. The zero-order valence-corrected chi connectivity index (χ0v) is 17.4. The third-order valence-electron chi connectivity index (χ3n) is 4.46. The number of oxime groups is 1. The van der Waals surface area contributed by atoms with E-state index in [1.165, 1.54) is 6.21 Å². The first-order valence-corrected chi connectivity index (χ1v) is 12.5. The summed E-state index contributed by atoms with van der Waals surface area (Å²) in [5, 5.41) is 3.28. The molecule has 1 unspecified atom stereocenters. The lowest BCUT2D eigenvalue weighted by Gasteiger charge is -2.33. The minimum Gasteiger partial charge on any atom is -0.455 e. The maximum Gasteiger partial charge on any atom is 0.286 e. The quantitative estimate of drug-likeness (QED) is 0.303. The first-order chi connectivity index (χ1) is 10.9. The summed E-state index contributed by atoms with van der Waals surface area (Å²) in [5.41, 5.74) is 1.02. The lowest BCUT2D eigenvalue weighted by molar-refractivity contribution is 0.309. The molecule has 0 radical (unpaired) electrons. The molecule has 1 rings (SSSR count). The van der Waals surface area contributed by atoms with Crippen molar-refractivity contribution in [1.29, 1.82) is 0 Å². The molecule has 4 nitrogen and oxygen atoms in total. The largest absolute Gasteiger partial charge is 0.455 e. The molecule has 0 aromatic heterocycles. The highest BCUT2D eigenvalue weighted by molar-refractivity contribution is 7.92. The van der Waals surface area contributed by atoms with Crippen LogP contribution in [-0.2, 0) is 14.4 Å². The summed E-state index contributed by atoms with van der Waals surface area (Å²) in [4.78, 5) is 0.290. The lowest BCUT2D eigenvalue weighted by atomic mass is 10.2. The summed E-state index contributed by atoms with van der Waals surface area (Å²) < 4.78 is 31.3. The van der Waals surface area contributed by atoms with Gasteiger partial charge in [-0.2, -0.15) is 0 Å². The van der Waals surface area contributed by atoms with E-state index in [1.54, 1.807) is 30.3 Å². The van der Waals surface area contributed by atoms with E-state index < -0.39 is 23.4 Å². The number of sulfone groups is 1. The topological polar surface area (TPSA) is 55.7 Å². The molecule has 0 bridgehead atoms. The van der Waals surface area contributed by atoms with Crippen LogP contribution in [0.25, 0.3) is 0 Å². The molecule has 1 aromatic rings. The zero-order chi connectivity index (χ0) is 18.6. The summed E-state index contributed by atoms with van der Waals surface area (Å²) in [6, 6.07) is 6.84. The second-order valence-electron chi connectivity index (χ2n) is 7.53. The van der Waals surface area contributed by atoms with Crippen LogP contribution in [0.3, 0.4) is 0 Å². The average molecular weight is 368 g/mol. The van der Waals surface area contributed by atoms with E-state index in [0.29, 0.717) is 11.3 Å². The Labute approximate surface area is 147 Å². The number of hydrogen-bond acceptors (Lipinski definition) is 4. The van der Waals surface area contributed by atoms with Gasteiger partial charge in [0.05, 0.1) is 11.1 Å². The van der Waals surface area contributed by atoms with Crippen molar-refractivity contribution >= 4 is 24.4 Å². The smallest absolute Gasteiger partial charge is 0.286 e. The van der Waals surface area contributed by atoms with Crippen molar-refractivity contribution in [3.8, 4) is 0 Å². The average Bonchev–Trinajstić information content (AvgIpc) is 2.45. The fourth-order valence-electron chi connectivity index (χ4n) is 1.70. The molecule has 134 valence electrons. The van der Waals surface area contributed by atoms with Crippen LogP contribution in [0.15, 0.2) is 47.0 Å². The number of aryl methyl sites for hydroxylation is 1. The van der Waals surface area contributed by atoms with Crippen LogP contribution in [0.4, 0.5) is 0 Å². The van der Waals surface area contributed by atoms with Crippen molar-refractivity contribution in [3.63, 3.8) is 0 Å². The van der Waals surface area contributed by atoms with Crippen LogP contribution in [0.1, 0.15) is 32.8 Å². The van der Waals surface area contributed by atoms with Gasteiger partial charge in [0.15, 0.2) is 9.84 Å². The van der Waals surface area contributed by atoms with Crippen molar-refractivity contribution in [2.24, 2.45) is 5.16 Å². The molecule has 0 fully saturated rings. The van der Waals surface area contributed by atoms with Crippen LogP contribution in [-0.4, -0.2) is 28.2 Å². The Kier molecular flexibility index (Phi) is 6.58. The summed E-state index contributed by atoms with van der Waals surface area (Å²) in [6.07, 6.45) is 3.28. The fourth-order valence-corrected chi connectivity index (χ4v) is 3.76. The van der Waals surface area contributed by atoms with E-state index in [2.05, 4.69) is 45.6 Å². The second-order valence-corrected chi connectivity index (χ2v) is 14.4. The van der Waals surface area contributed by atoms with Gasteiger partial charge in [0.25, 0.3) is 8.32 Å². The standard InChI is InChI=1S/C18H29NO3SSi/c1-8-9-17(14-19-22-24(6,7)18(3,4)5)23(20,21)16-12-10-15(2)11-13-16/h8,10-14,17H,1,9H2,2-7H3/b19-14-. The predicted molar refractivity (Wildman–Crippen MR) is 104 cm³/mol. The number of nitrogens with zero attached hydrogens (tertiary/aromatic N) is 1. The van der Waals surface area contributed by atoms with Crippen LogP contribution < -0.4 is 0 Å². The van der Waals surface area contributed by atoms with Crippen LogP contribution >= 0.6 is 0 Å². The van der Waals surface area contributed by atoms with E-state index in [0.717, 1.165) is 5.56 Å². The third-order valence-corrected chi connectivity index (χ3v) is 10.7. The normalized spacial score (nSPS) is 14.6. The van der Waals surface area contributed by atoms with Gasteiger partial charge >= 0.3 is 0 Å². The summed E-state index contributed by atoms with van der Waals surface area (Å²) in [6.45, 7) is 16.1. The van der Waals surface area contributed by atoms with Gasteiger partial charge in [0.2, 0.25) is 0 Å². The number of rotatable bonds is 7. The molecule has 0 aliphatic heterocycles. The molecule has 1 atom stereocenters. The van der Waals surface area contributed by atoms with Gasteiger partial charge in [-0.3, -0.25) is 0 Å². The molecule has 0 aliphatic carbocycles. The Morgan fingerprint density at radius 1 is 1.25 bits per heavy atom. The third kappa shape index (κ3) is 5.04. The van der Waals surface area contributed by atoms with Gasteiger partial charge < -0.3 is 4.53 Å². The van der Waals surface area contributed by atoms with Crippen molar-refractivity contribution < 1.29 is 12.9 Å². The molecule has 0 aliphatic rings. The predicted octanol–water partition coefficient (Wildman–Crippen LogP) is 4.72. The minimum absolute atomic E-state index is 0.00804. The number of allylic oxidation sites excluding steroid dienone is 1. The zero-order valence-electron chi connectivity index (χ0n) is 15.5. The van der Waals surface area contributed by atoms with E-state index in [1.807, 2.05) is 6.92 Å². The van der Waals surface area contributed by atoms with Crippen molar-refractivity contribution in [3.05, 3.63) is 42.5 Å². The van der Waals surface area contributed by atoms with Gasteiger partial charge in [-0.15, -0.1) is 11.7 Å². The molecule has 0 spiro atoms. The van der Waals surface area contributed by atoms with E-state index >= 15 is 0 Å². The maximum absolute atomic E-state index is 12.8. The molecule has 1 aromatic carbocycles. The van der Waals surface area contributed by atoms with Gasteiger partial charge in [0, 0.05) is 0 Å². The van der Waals surface area contributed by atoms with Crippen molar-refractivity contribution in [2.45, 2.75) is 62.4 Å². The van der Waals surface area contributed by atoms with Crippen LogP contribution in [0.5, 0.6) is 0 Å². The summed E-state index contributed by atoms with van der Waals surface area (Å²) >= 11 is 0. The van der Waals surface area contributed by atoms with Gasteiger partial charge in [-0.25, -0.2) is 8.42 Å². The second kappa shape index (κ2) is 7.65. The molecule has 0 heterocycles. The van der Waals surface area contributed by atoms with Gasteiger partial charge in [-0.1, -0.05) is 44.5 Å². The highest BCUT2D eigenvalue weighted by Crippen LogP contribution is 2.36. The molecule has 6 heteroatoms. The molecule has 0 saturated carbocycles. The summed E-state index contributed by atoms with van der Waals surface area (Å²) in [5.74, 6) is 0. The lowest BCUT2D eigenvalue weighted by Crippen LogP contribution is -2.39. The Hall–Kier alpha value is -1.40. The van der Waals surface area contributed by atoms with Crippen molar-refractivity contribution in [2.75, 3.05) is 0 Å². The maximum atomic E-state index is 12.8. The van der Waals surface area contributed by atoms with Crippen LogP contribution in [0.2, 0.25) is 18.1 Å². The SMILES string of the molecule is C=CCC(/C=N\O[Si](C)(C)C(C)(C)C)S(=O)(=O)c1ccc(C)cc1. The van der Waals surface area contributed by atoms with E-state index in [4.69, 9.17) is 4.53 Å². The van der Waals surface area contributed by atoms with Gasteiger partial charge in [-0.05, 0) is 43.6 Å².